The number of hydrogen-bond acceptors (Lipinski definition) is 5. The fourth-order valence-corrected chi connectivity index (χ4v) is 8.78. The van der Waals surface area contributed by atoms with E-state index in [0.717, 1.165) is 60.9 Å². The molecule has 3 aromatic heterocycles. The summed E-state index contributed by atoms with van der Waals surface area (Å²) in [4.78, 5) is 15.0. The third-order valence-corrected chi connectivity index (χ3v) is 11.7. The van der Waals surface area contributed by atoms with Crippen LogP contribution in [0.25, 0.3) is 110 Å². The summed E-state index contributed by atoms with van der Waals surface area (Å²) >= 11 is 1.85. The maximum atomic E-state index is 6.60. The molecule has 11 aromatic rings. The average Bonchev–Trinajstić information content (AvgIpc) is 3.84. The van der Waals surface area contributed by atoms with Crippen molar-refractivity contribution in [1.29, 1.82) is 0 Å². The zero-order chi connectivity index (χ0) is 37.0. The van der Waals surface area contributed by atoms with Gasteiger partial charge < -0.3 is 4.42 Å². The molecule has 0 amide bonds. The van der Waals surface area contributed by atoms with E-state index >= 15 is 0 Å². The Labute approximate surface area is 327 Å². The van der Waals surface area contributed by atoms with Crippen LogP contribution < -0.4 is 0 Å². The molecule has 0 bridgehead atoms. The predicted molar refractivity (Wildman–Crippen MR) is 233 cm³/mol. The fourth-order valence-electron chi connectivity index (χ4n) is 7.70. The number of aromatic nitrogens is 3. The van der Waals surface area contributed by atoms with Crippen molar-refractivity contribution in [1.82, 2.24) is 15.0 Å². The molecule has 0 atom stereocenters. The van der Waals surface area contributed by atoms with Crippen LogP contribution in [0.15, 0.2) is 192 Å². The van der Waals surface area contributed by atoms with Crippen LogP contribution in [-0.2, 0) is 0 Å². The van der Waals surface area contributed by atoms with E-state index in [0.29, 0.717) is 17.5 Å². The lowest BCUT2D eigenvalue weighted by atomic mass is 9.97. The smallest absolute Gasteiger partial charge is 0.164 e. The SMILES string of the molecule is c1ccc(-c2cccc(-c3nc(-c4ccccc4)nc(-c4ccc5c(c4)oc4cc(-c6cccc(-c7ccc8sc9ccccc9c8c7)c6)ccc45)n3)c2)cc1. The van der Waals surface area contributed by atoms with E-state index in [9.17, 15) is 0 Å². The van der Waals surface area contributed by atoms with Crippen molar-refractivity contribution in [2.45, 2.75) is 0 Å². The number of hydrogen-bond donors (Lipinski definition) is 0. The molecule has 0 N–H and O–H groups in total. The molecule has 0 spiro atoms. The highest BCUT2D eigenvalue weighted by Crippen LogP contribution is 2.39. The Bertz CT molecular complexity index is 3260. The number of benzene rings is 8. The van der Waals surface area contributed by atoms with Crippen LogP contribution in [0.3, 0.4) is 0 Å². The summed E-state index contributed by atoms with van der Waals surface area (Å²) < 4.78 is 9.23. The van der Waals surface area contributed by atoms with Crippen LogP contribution in [-0.4, -0.2) is 15.0 Å². The van der Waals surface area contributed by atoms with Gasteiger partial charge in [0, 0.05) is 47.6 Å². The lowest BCUT2D eigenvalue weighted by Gasteiger charge is -2.09. The molecule has 11 rings (SSSR count). The molecule has 0 saturated carbocycles. The molecular weight excluding hydrogens is 703 g/mol. The maximum Gasteiger partial charge on any atom is 0.164 e. The highest BCUT2D eigenvalue weighted by atomic mass is 32.1. The zero-order valence-electron chi connectivity index (χ0n) is 30.1. The minimum absolute atomic E-state index is 0.590. The van der Waals surface area contributed by atoms with Gasteiger partial charge in [0.05, 0.1) is 0 Å². The van der Waals surface area contributed by atoms with Gasteiger partial charge in [-0.2, -0.15) is 0 Å². The largest absolute Gasteiger partial charge is 0.456 e. The maximum absolute atomic E-state index is 6.60. The monoisotopic (exact) mass is 733 g/mol. The van der Waals surface area contributed by atoms with Crippen molar-refractivity contribution in [3.63, 3.8) is 0 Å². The molecule has 0 fully saturated rings. The standard InChI is InChI=1S/C51H31N3OS/c1-3-11-32(12-4-1)34-15-10-18-39(28-34)50-52-49(33-13-5-2-6-14-33)53-51(54-50)40-22-25-42-41-24-21-38(30-45(41)55-46(42)31-40)36-17-9-16-35(27-36)37-23-26-48-44(29-37)43-19-7-8-20-47(43)56-48/h1-31H. The van der Waals surface area contributed by atoms with E-state index < -0.39 is 0 Å². The number of nitrogens with zero attached hydrogens (tertiary/aromatic N) is 3. The minimum atomic E-state index is 0.590. The van der Waals surface area contributed by atoms with E-state index in [4.69, 9.17) is 19.4 Å². The van der Waals surface area contributed by atoms with Gasteiger partial charge in [0.15, 0.2) is 17.5 Å². The number of thiophene rings is 1. The van der Waals surface area contributed by atoms with E-state index in [1.165, 1.54) is 31.3 Å². The van der Waals surface area contributed by atoms with Crippen LogP contribution >= 0.6 is 11.3 Å². The number of fused-ring (bicyclic) bond motifs is 6. The first kappa shape index (κ1) is 32.2. The van der Waals surface area contributed by atoms with Gasteiger partial charge in [-0.25, -0.2) is 15.0 Å². The van der Waals surface area contributed by atoms with E-state index in [1.54, 1.807) is 0 Å². The van der Waals surface area contributed by atoms with Crippen molar-refractivity contribution in [2.75, 3.05) is 0 Å². The first-order valence-electron chi connectivity index (χ1n) is 18.7. The van der Waals surface area contributed by atoms with Crippen LogP contribution in [0.2, 0.25) is 0 Å². The van der Waals surface area contributed by atoms with Gasteiger partial charge in [-0.3, -0.25) is 0 Å². The van der Waals surface area contributed by atoms with Gasteiger partial charge in [0.25, 0.3) is 0 Å². The summed E-state index contributed by atoms with van der Waals surface area (Å²) in [7, 11) is 0. The van der Waals surface area contributed by atoms with Crippen LogP contribution in [0, 0.1) is 0 Å². The summed E-state index contributed by atoms with van der Waals surface area (Å²) in [6.45, 7) is 0. The quantitative estimate of drug-likeness (QED) is 0.171. The number of furan rings is 1. The molecule has 0 aliphatic rings. The molecule has 0 radical (unpaired) electrons. The Balaban J connectivity index is 0.967. The minimum Gasteiger partial charge on any atom is -0.456 e. The van der Waals surface area contributed by atoms with E-state index in [1.807, 2.05) is 53.8 Å². The first-order chi connectivity index (χ1) is 27.7. The molecular formula is C51H31N3OS. The lowest BCUT2D eigenvalue weighted by Crippen LogP contribution is -2.00. The topological polar surface area (TPSA) is 51.8 Å². The van der Waals surface area contributed by atoms with Crippen molar-refractivity contribution < 1.29 is 4.42 Å². The lowest BCUT2D eigenvalue weighted by molar-refractivity contribution is 0.669. The third-order valence-electron chi connectivity index (χ3n) is 10.5. The molecule has 0 aliphatic carbocycles. The Morgan fingerprint density at radius 2 is 0.732 bits per heavy atom. The second-order valence-electron chi connectivity index (χ2n) is 14.0. The van der Waals surface area contributed by atoms with Crippen LogP contribution in [0.5, 0.6) is 0 Å². The van der Waals surface area contributed by atoms with Gasteiger partial charge in [-0.05, 0) is 88.0 Å². The second-order valence-corrected chi connectivity index (χ2v) is 15.1. The number of rotatable bonds is 6. The Hall–Kier alpha value is -7.21. The van der Waals surface area contributed by atoms with Gasteiger partial charge in [0.1, 0.15) is 11.2 Å². The Kier molecular flexibility index (Phi) is 7.64. The highest BCUT2D eigenvalue weighted by Gasteiger charge is 2.16. The van der Waals surface area contributed by atoms with E-state index in [-0.39, 0.29) is 0 Å². The first-order valence-corrected chi connectivity index (χ1v) is 19.5. The summed E-state index contributed by atoms with van der Waals surface area (Å²) in [6.07, 6.45) is 0. The van der Waals surface area contributed by atoms with Crippen molar-refractivity contribution >= 4 is 53.4 Å². The fraction of sp³-hybridized carbons (Fsp3) is 0. The summed E-state index contributed by atoms with van der Waals surface area (Å²) in [5.41, 5.74) is 11.2. The molecule has 8 aromatic carbocycles. The summed E-state index contributed by atoms with van der Waals surface area (Å²) in [5.74, 6) is 1.83. The Morgan fingerprint density at radius 1 is 0.286 bits per heavy atom. The highest BCUT2D eigenvalue weighted by molar-refractivity contribution is 7.25. The molecule has 3 heterocycles. The molecule has 0 saturated heterocycles. The Morgan fingerprint density at radius 3 is 1.45 bits per heavy atom. The molecule has 4 nitrogen and oxygen atoms in total. The molecule has 262 valence electrons. The average molecular weight is 734 g/mol. The van der Waals surface area contributed by atoms with Crippen LogP contribution in [0.4, 0.5) is 0 Å². The third kappa shape index (κ3) is 5.74. The van der Waals surface area contributed by atoms with Gasteiger partial charge in [-0.15, -0.1) is 11.3 Å². The van der Waals surface area contributed by atoms with Gasteiger partial charge in [0.2, 0.25) is 0 Å². The van der Waals surface area contributed by atoms with Crippen LogP contribution in [0.1, 0.15) is 0 Å². The summed E-state index contributed by atoms with van der Waals surface area (Å²) in [5, 5.41) is 4.73. The van der Waals surface area contributed by atoms with Gasteiger partial charge >= 0.3 is 0 Å². The summed E-state index contributed by atoms with van der Waals surface area (Å²) in [6, 6.07) is 65.8. The van der Waals surface area contributed by atoms with Crippen molar-refractivity contribution in [3.05, 3.63) is 188 Å². The molecule has 0 aliphatic heterocycles. The second kappa shape index (κ2) is 13.3. The molecule has 56 heavy (non-hydrogen) atoms. The molecule has 5 heteroatoms. The molecule has 0 unspecified atom stereocenters. The van der Waals surface area contributed by atoms with Crippen molar-refractivity contribution in [3.8, 4) is 67.5 Å². The van der Waals surface area contributed by atoms with Gasteiger partial charge in [-0.1, -0.05) is 133 Å². The zero-order valence-corrected chi connectivity index (χ0v) is 30.9. The van der Waals surface area contributed by atoms with Crippen molar-refractivity contribution in [2.24, 2.45) is 0 Å². The van der Waals surface area contributed by atoms with E-state index in [2.05, 4.69) is 146 Å². The normalized spacial score (nSPS) is 11.6. The predicted octanol–water partition coefficient (Wildman–Crippen LogP) is 14.1.